The molecule has 1 fully saturated rings. The van der Waals surface area contributed by atoms with Gasteiger partial charge in [0, 0.05) is 23.9 Å². The molecule has 4 nitrogen and oxygen atoms in total. The van der Waals surface area contributed by atoms with Gasteiger partial charge in [0.1, 0.15) is 5.76 Å². The molecule has 0 aliphatic carbocycles. The Bertz CT molecular complexity index is 393. The molecule has 1 atom stereocenters. The molecule has 3 heterocycles. The van der Waals surface area contributed by atoms with Crippen LogP contribution in [-0.2, 0) is 6.42 Å². The first-order valence-electron chi connectivity index (χ1n) is 5.82. The van der Waals surface area contributed by atoms with E-state index in [2.05, 4.69) is 25.4 Å². The summed E-state index contributed by atoms with van der Waals surface area (Å²) < 4.78 is 4.58. The molecule has 0 spiro atoms. The van der Waals surface area contributed by atoms with Gasteiger partial charge in [-0.3, -0.25) is 0 Å². The largest absolute Gasteiger partial charge is 0.362 e. The molecular weight excluding hydrogens is 234 g/mol. The van der Waals surface area contributed by atoms with Crippen molar-refractivity contribution in [2.24, 2.45) is 0 Å². The predicted molar refractivity (Wildman–Crippen MR) is 68.1 cm³/mol. The number of hydrogen-bond donors (Lipinski definition) is 1. The van der Waals surface area contributed by atoms with Crippen molar-refractivity contribution >= 4 is 11.3 Å². The number of hydrogen-bond acceptors (Lipinski definition) is 5. The Balaban J connectivity index is 0.000000153. The molecule has 1 N–H and O–H groups in total. The highest BCUT2D eigenvalue weighted by molar-refractivity contribution is 7.07. The number of thiazole rings is 1. The van der Waals surface area contributed by atoms with E-state index in [1.807, 2.05) is 12.4 Å². The smallest absolute Gasteiger partial charge is 0.133 e. The van der Waals surface area contributed by atoms with Crippen molar-refractivity contribution in [1.29, 1.82) is 0 Å². The van der Waals surface area contributed by atoms with Crippen molar-refractivity contribution in [2.45, 2.75) is 32.2 Å². The molecular formula is C12H17N3OS. The second-order valence-corrected chi connectivity index (χ2v) is 4.82. The van der Waals surface area contributed by atoms with E-state index in [4.69, 9.17) is 0 Å². The first kappa shape index (κ1) is 12.3. The Hall–Kier alpha value is -1.20. The quantitative estimate of drug-likeness (QED) is 0.890. The van der Waals surface area contributed by atoms with E-state index in [0.717, 1.165) is 12.2 Å². The van der Waals surface area contributed by atoms with E-state index in [-0.39, 0.29) is 0 Å². The number of nitrogens with one attached hydrogen (secondary N) is 1. The zero-order valence-corrected chi connectivity index (χ0v) is 10.7. The van der Waals surface area contributed by atoms with Gasteiger partial charge in [-0.15, -0.1) is 11.3 Å². The van der Waals surface area contributed by atoms with Gasteiger partial charge >= 0.3 is 0 Å². The molecule has 0 bridgehead atoms. The highest BCUT2D eigenvalue weighted by atomic mass is 32.1. The first-order chi connectivity index (χ1) is 8.34. The maximum atomic E-state index is 4.58. The van der Waals surface area contributed by atoms with E-state index >= 15 is 0 Å². The van der Waals surface area contributed by atoms with Gasteiger partial charge in [-0.05, 0) is 26.3 Å². The lowest BCUT2D eigenvalue weighted by Crippen LogP contribution is -2.23. The minimum absolute atomic E-state index is 0.692. The molecule has 0 saturated carbocycles. The van der Waals surface area contributed by atoms with Crippen molar-refractivity contribution in [3.05, 3.63) is 34.6 Å². The molecule has 2 aromatic heterocycles. The maximum Gasteiger partial charge on any atom is 0.133 e. The molecule has 3 rings (SSSR count). The fraction of sp³-hybridized carbons (Fsp3) is 0.500. The molecule has 2 aromatic rings. The van der Waals surface area contributed by atoms with Crippen LogP contribution in [0.5, 0.6) is 0 Å². The third-order valence-electron chi connectivity index (χ3n) is 2.67. The fourth-order valence-corrected chi connectivity index (χ4v) is 2.37. The zero-order chi connectivity index (χ0) is 11.9. The van der Waals surface area contributed by atoms with Gasteiger partial charge in [-0.1, -0.05) is 5.16 Å². The highest BCUT2D eigenvalue weighted by Gasteiger charge is 2.14. The van der Waals surface area contributed by atoms with Crippen LogP contribution in [-0.4, -0.2) is 22.7 Å². The summed E-state index contributed by atoms with van der Waals surface area (Å²) in [6.07, 6.45) is 5.38. The SMILES string of the molecule is Cc1ccno1.c1nc(CC2CCCN2)cs1. The van der Waals surface area contributed by atoms with Crippen LogP contribution in [0, 0.1) is 6.92 Å². The molecule has 0 aromatic carbocycles. The van der Waals surface area contributed by atoms with Gasteiger partial charge in [-0.25, -0.2) is 4.98 Å². The van der Waals surface area contributed by atoms with E-state index in [1.165, 1.54) is 25.1 Å². The number of aromatic nitrogens is 2. The van der Waals surface area contributed by atoms with Crippen LogP contribution < -0.4 is 5.32 Å². The van der Waals surface area contributed by atoms with Crippen LogP contribution in [0.3, 0.4) is 0 Å². The molecule has 1 unspecified atom stereocenters. The molecule has 1 aliphatic rings. The Labute approximate surface area is 105 Å². The third-order valence-corrected chi connectivity index (χ3v) is 3.30. The second-order valence-electron chi connectivity index (χ2n) is 4.10. The molecule has 1 aliphatic heterocycles. The lowest BCUT2D eigenvalue weighted by molar-refractivity contribution is 0.397. The van der Waals surface area contributed by atoms with E-state index in [9.17, 15) is 0 Å². The Kier molecular flexibility index (Phi) is 4.70. The number of aryl methyl sites for hydroxylation is 1. The Morgan fingerprint density at radius 1 is 1.59 bits per heavy atom. The van der Waals surface area contributed by atoms with Crippen molar-refractivity contribution in [1.82, 2.24) is 15.5 Å². The highest BCUT2D eigenvalue weighted by Crippen LogP contribution is 2.11. The summed E-state index contributed by atoms with van der Waals surface area (Å²) in [5.41, 5.74) is 3.15. The minimum atomic E-state index is 0.692. The van der Waals surface area contributed by atoms with E-state index in [0.29, 0.717) is 6.04 Å². The van der Waals surface area contributed by atoms with Crippen molar-refractivity contribution in [2.75, 3.05) is 6.54 Å². The summed E-state index contributed by atoms with van der Waals surface area (Å²) in [6.45, 7) is 3.04. The van der Waals surface area contributed by atoms with Crippen molar-refractivity contribution in [3.63, 3.8) is 0 Å². The monoisotopic (exact) mass is 251 g/mol. The lowest BCUT2D eigenvalue weighted by atomic mass is 10.1. The van der Waals surface area contributed by atoms with Gasteiger partial charge in [-0.2, -0.15) is 0 Å². The van der Waals surface area contributed by atoms with Crippen molar-refractivity contribution in [3.8, 4) is 0 Å². The molecule has 17 heavy (non-hydrogen) atoms. The number of nitrogens with zero attached hydrogens (tertiary/aromatic N) is 2. The number of rotatable bonds is 2. The first-order valence-corrected chi connectivity index (χ1v) is 6.76. The Morgan fingerprint density at radius 3 is 3.00 bits per heavy atom. The summed E-state index contributed by atoms with van der Waals surface area (Å²) in [4.78, 5) is 4.26. The van der Waals surface area contributed by atoms with E-state index < -0.39 is 0 Å². The summed E-state index contributed by atoms with van der Waals surface area (Å²) in [5, 5.41) is 9.05. The third kappa shape index (κ3) is 4.28. The van der Waals surface area contributed by atoms with E-state index in [1.54, 1.807) is 23.6 Å². The van der Waals surface area contributed by atoms with Crippen LogP contribution >= 0.6 is 11.3 Å². The normalized spacial score (nSPS) is 18.8. The van der Waals surface area contributed by atoms with Crippen LogP contribution in [0.25, 0.3) is 0 Å². The lowest BCUT2D eigenvalue weighted by Gasteiger charge is -2.06. The second kappa shape index (κ2) is 6.51. The molecule has 1 saturated heterocycles. The molecule has 0 amide bonds. The van der Waals surface area contributed by atoms with Gasteiger partial charge < -0.3 is 9.84 Å². The summed E-state index contributed by atoms with van der Waals surface area (Å²) in [5.74, 6) is 0.856. The Morgan fingerprint density at radius 2 is 2.53 bits per heavy atom. The van der Waals surface area contributed by atoms with Crippen LogP contribution in [0.15, 0.2) is 27.7 Å². The summed E-state index contributed by atoms with van der Waals surface area (Å²) in [6, 6.07) is 2.50. The molecule has 5 heteroatoms. The maximum absolute atomic E-state index is 4.58. The molecule has 0 radical (unpaired) electrons. The van der Waals surface area contributed by atoms with Crippen LogP contribution in [0.2, 0.25) is 0 Å². The average molecular weight is 251 g/mol. The van der Waals surface area contributed by atoms with Crippen LogP contribution in [0.4, 0.5) is 0 Å². The van der Waals surface area contributed by atoms with Crippen molar-refractivity contribution < 1.29 is 4.52 Å². The van der Waals surface area contributed by atoms with Crippen LogP contribution in [0.1, 0.15) is 24.3 Å². The average Bonchev–Trinajstić information content (AvgIpc) is 3.02. The zero-order valence-electron chi connectivity index (χ0n) is 9.93. The topological polar surface area (TPSA) is 51.0 Å². The standard InChI is InChI=1S/C8H12N2S.C4H5NO/c1-2-7(9-3-1)4-8-5-11-6-10-8;1-4-2-3-5-6-4/h5-7,9H,1-4H2;2-3H,1H3. The minimum Gasteiger partial charge on any atom is -0.362 e. The van der Waals surface area contributed by atoms with Gasteiger partial charge in [0.25, 0.3) is 0 Å². The van der Waals surface area contributed by atoms with Gasteiger partial charge in [0.05, 0.1) is 17.4 Å². The fourth-order valence-electron chi connectivity index (χ4n) is 1.80. The predicted octanol–water partition coefficient (Wildman–Crippen LogP) is 2.42. The molecule has 92 valence electrons. The van der Waals surface area contributed by atoms with Gasteiger partial charge in [0.2, 0.25) is 0 Å². The van der Waals surface area contributed by atoms with Gasteiger partial charge in [0.15, 0.2) is 0 Å². The summed E-state index contributed by atoms with van der Waals surface area (Å²) >= 11 is 1.68. The summed E-state index contributed by atoms with van der Waals surface area (Å²) in [7, 11) is 0.